The van der Waals surface area contributed by atoms with Gasteiger partial charge in [0.05, 0.1) is 0 Å². The Labute approximate surface area is 163 Å². The Kier molecular flexibility index (Phi) is 7.31. The summed E-state index contributed by atoms with van der Waals surface area (Å²) in [7, 11) is 0. The average Bonchev–Trinajstić information content (AvgIpc) is 2.57. The SMILES string of the molecule is CC(C)=CCN(CC(C)(C)N)c1ccc(CCc2ccc(Cl)cc2)cc1. The minimum Gasteiger partial charge on any atom is -0.366 e. The molecule has 0 unspecified atom stereocenters. The average molecular weight is 371 g/mol. The Balaban J connectivity index is 2.04. The molecule has 2 N–H and O–H groups in total. The molecule has 0 fully saturated rings. The first-order valence-electron chi connectivity index (χ1n) is 9.23. The van der Waals surface area contributed by atoms with Gasteiger partial charge in [0.15, 0.2) is 0 Å². The van der Waals surface area contributed by atoms with Gasteiger partial charge in [-0.15, -0.1) is 0 Å². The van der Waals surface area contributed by atoms with Crippen LogP contribution in [-0.4, -0.2) is 18.6 Å². The first-order valence-corrected chi connectivity index (χ1v) is 9.61. The highest BCUT2D eigenvalue weighted by Gasteiger charge is 2.16. The van der Waals surface area contributed by atoms with E-state index in [0.29, 0.717) is 0 Å². The summed E-state index contributed by atoms with van der Waals surface area (Å²) in [6.45, 7) is 10.1. The second-order valence-electron chi connectivity index (χ2n) is 7.94. The third kappa shape index (κ3) is 7.23. The number of halogens is 1. The van der Waals surface area contributed by atoms with E-state index >= 15 is 0 Å². The molecule has 0 aromatic heterocycles. The predicted octanol–water partition coefficient (Wildman–Crippen LogP) is 5.64. The van der Waals surface area contributed by atoms with Crippen molar-refractivity contribution in [2.75, 3.05) is 18.0 Å². The van der Waals surface area contributed by atoms with Crippen LogP contribution in [0.4, 0.5) is 5.69 Å². The smallest absolute Gasteiger partial charge is 0.0406 e. The van der Waals surface area contributed by atoms with E-state index in [1.165, 1.54) is 22.4 Å². The van der Waals surface area contributed by atoms with Crippen LogP contribution in [0.3, 0.4) is 0 Å². The lowest BCUT2D eigenvalue weighted by Crippen LogP contribution is -2.45. The summed E-state index contributed by atoms with van der Waals surface area (Å²) in [5.74, 6) is 0. The van der Waals surface area contributed by atoms with Crippen LogP contribution < -0.4 is 10.6 Å². The zero-order chi connectivity index (χ0) is 19.2. The van der Waals surface area contributed by atoms with Crippen LogP contribution in [0.25, 0.3) is 0 Å². The fourth-order valence-electron chi connectivity index (χ4n) is 2.86. The molecule has 2 aromatic carbocycles. The van der Waals surface area contributed by atoms with Crippen LogP contribution in [-0.2, 0) is 12.8 Å². The van der Waals surface area contributed by atoms with Crippen molar-refractivity contribution >= 4 is 17.3 Å². The molecule has 0 heterocycles. The van der Waals surface area contributed by atoms with E-state index in [4.69, 9.17) is 17.3 Å². The molecule has 0 radical (unpaired) electrons. The predicted molar refractivity (Wildman–Crippen MR) is 115 cm³/mol. The van der Waals surface area contributed by atoms with Gasteiger partial charge in [0, 0.05) is 29.3 Å². The molecule has 0 atom stereocenters. The van der Waals surface area contributed by atoms with Crippen LogP contribution in [0, 0.1) is 0 Å². The Morgan fingerprint density at radius 3 is 1.92 bits per heavy atom. The molecule has 0 amide bonds. The maximum atomic E-state index is 6.26. The number of nitrogens with zero attached hydrogens (tertiary/aromatic N) is 1. The van der Waals surface area contributed by atoms with Crippen molar-refractivity contribution in [2.45, 2.75) is 46.1 Å². The van der Waals surface area contributed by atoms with E-state index in [9.17, 15) is 0 Å². The van der Waals surface area contributed by atoms with Crippen molar-refractivity contribution in [1.29, 1.82) is 0 Å². The number of benzene rings is 2. The van der Waals surface area contributed by atoms with E-state index in [0.717, 1.165) is 31.0 Å². The number of hydrogen-bond donors (Lipinski definition) is 1. The van der Waals surface area contributed by atoms with E-state index in [2.05, 4.69) is 75.1 Å². The van der Waals surface area contributed by atoms with Gasteiger partial charge in [-0.25, -0.2) is 0 Å². The Bertz CT molecular complexity index is 705. The normalized spacial score (nSPS) is 11.3. The minimum absolute atomic E-state index is 0.233. The van der Waals surface area contributed by atoms with Crippen LogP contribution in [0.5, 0.6) is 0 Å². The van der Waals surface area contributed by atoms with Gasteiger partial charge in [-0.3, -0.25) is 0 Å². The number of anilines is 1. The molecule has 0 bridgehead atoms. The largest absolute Gasteiger partial charge is 0.366 e. The second kappa shape index (κ2) is 9.25. The van der Waals surface area contributed by atoms with Crippen LogP contribution in [0.1, 0.15) is 38.8 Å². The third-order valence-corrected chi connectivity index (χ3v) is 4.49. The van der Waals surface area contributed by atoms with E-state index in [1.54, 1.807) is 0 Å². The van der Waals surface area contributed by atoms with Gasteiger partial charge in [0.2, 0.25) is 0 Å². The van der Waals surface area contributed by atoms with Crippen molar-refractivity contribution in [3.63, 3.8) is 0 Å². The zero-order valence-corrected chi connectivity index (χ0v) is 17.2. The number of allylic oxidation sites excluding steroid dienone is 1. The van der Waals surface area contributed by atoms with Crippen molar-refractivity contribution in [1.82, 2.24) is 0 Å². The summed E-state index contributed by atoms with van der Waals surface area (Å²) < 4.78 is 0. The summed E-state index contributed by atoms with van der Waals surface area (Å²) >= 11 is 5.95. The lowest BCUT2D eigenvalue weighted by atomic mass is 10.0. The molecule has 2 rings (SSSR count). The Hall–Kier alpha value is -1.77. The monoisotopic (exact) mass is 370 g/mol. The van der Waals surface area contributed by atoms with Crippen molar-refractivity contribution in [2.24, 2.45) is 5.73 Å². The molecule has 0 aliphatic carbocycles. The molecular weight excluding hydrogens is 340 g/mol. The highest BCUT2D eigenvalue weighted by molar-refractivity contribution is 6.30. The summed E-state index contributed by atoms with van der Waals surface area (Å²) in [6.07, 6.45) is 4.30. The fraction of sp³-hybridized carbons (Fsp3) is 0.391. The maximum absolute atomic E-state index is 6.26. The number of hydrogen-bond acceptors (Lipinski definition) is 2. The minimum atomic E-state index is -0.233. The summed E-state index contributed by atoms with van der Waals surface area (Å²) in [4.78, 5) is 2.34. The number of rotatable bonds is 8. The topological polar surface area (TPSA) is 29.3 Å². The molecule has 0 saturated carbocycles. The number of nitrogens with two attached hydrogens (primary N) is 1. The van der Waals surface area contributed by atoms with Crippen LogP contribution >= 0.6 is 11.6 Å². The standard InChI is InChI=1S/C23H31ClN2/c1-18(2)15-16-26(17-23(3,4)25)22-13-9-20(10-14-22)6-5-19-7-11-21(24)12-8-19/h7-15H,5-6,16-17,25H2,1-4H3. The summed E-state index contributed by atoms with van der Waals surface area (Å²) in [5, 5.41) is 0.789. The lowest BCUT2D eigenvalue weighted by Gasteiger charge is -2.31. The molecule has 0 spiro atoms. The van der Waals surface area contributed by atoms with Gasteiger partial charge < -0.3 is 10.6 Å². The quantitative estimate of drug-likeness (QED) is 0.609. The van der Waals surface area contributed by atoms with Gasteiger partial charge in [-0.1, -0.05) is 47.5 Å². The first-order chi connectivity index (χ1) is 12.2. The molecule has 0 saturated heterocycles. The molecule has 2 nitrogen and oxygen atoms in total. The highest BCUT2D eigenvalue weighted by Crippen LogP contribution is 2.19. The Morgan fingerprint density at radius 2 is 1.46 bits per heavy atom. The maximum Gasteiger partial charge on any atom is 0.0406 e. The van der Waals surface area contributed by atoms with E-state index in [-0.39, 0.29) is 5.54 Å². The van der Waals surface area contributed by atoms with Crippen LogP contribution in [0.2, 0.25) is 5.02 Å². The highest BCUT2D eigenvalue weighted by atomic mass is 35.5. The molecule has 2 aromatic rings. The molecule has 3 heteroatoms. The molecular formula is C23H31ClN2. The van der Waals surface area contributed by atoms with Crippen LogP contribution in [0.15, 0.2) is 60.2 Å². The summed E-state index contributed by atoms with van der Waals surface area (Å²) in [5.41, 5.74) is 11.2. The second-order valence-corrected chi connectivity index (χ2v) is 8.38. The van der Waals surface area contributed by atoms with Gasteiger partial charge >= 0.3 is 0 Å². The third-order valence-electron chi connectivity index (χ3n) is 4.24. The van der Waals surface area contributed by atoms with Crippen molar-refractivity contribution in [3.05, 3.63) is 76.3 Å². The Morgan fingerprint density at radius 1 is 0.962 bits per heavy atom. The van der Waals surface area contributed by atoms with Crippen molar-refractivity contribution in [3.8, 4) is 0 Å². The zero-order valence-electron chi connectivity index (χ0n) is 16.4. The lowest BCUT2D eigenvalue weighted by molar-refractivity contribution is 0.512. The first kappa shape index (κ1) is 20.5. The summed E-state index contributed by atoms with van der Waals surface area (Å²) in [6, 6.07) is 17.0. The van der Waals surface area contributed by atoms with Gasteiger partial charge in [0.25, 0.3) is 0 Å². The molecule has 0 aliphatic rings. The molecule has 0 aliphatic heterocycles. The van der Waals surface area contributed by atoms with Gasteiger partial charge in [0.1, 0.15) is 0 Å². The fourth-order valence-corrected chi connectivity index (χ4v) is 2.99. The van der Waals surface area contributed by atoms with E-state index < -0.39 is 0 Å². The molecule has 140 valence electrons. The van der Waals surface area contributed by atoms with Gasteiger partial charge in [-0.2, -0.15) is 0 Å². The van der Waals surface area contributed by atoms with Gasteiger partial charge in [-0.05, 0) is 75.9 Å². The number of aryl methyl sites for hydroxylation is 2. The van der Waals surface area contributed by atoms with Crippen molar-refractivity contribution < 1.29 is 0 Å². The van der Waals surface area contributed by atoms with E-state index in [1.807, 2.05) is 12.1 Å². The molecule has 26 heavy (non-hydrogen) atoms.